The molecule has 13 heavy (non-hydrogen) atoms. The van der Waals surface area contributed by atoms with Crippen molar-refractivity contribution in [2.75, 3.05) is 28.4 Å². The van der Waals surface area contributed by atoms with Gasteiger partial charge in [0.25, 0.3) is 0 Å². The molecule has 77 valence electrons. The molecular weight excluding hydrogens is 212 g/mol. The molecule has 0 N–H and O–H groups in total. The van der Waals surface area contributed by atoms with Gasteiger partial charge in [-0.1, -0.05) is 0 Å². The molecule has 0 heterocycles. The first-order valence-corrected chi connectivity index (χ1v) is 4.25. The fourth-order valence-electron chi connectivity index (χ4n) is 0.963. The van der Waals surface area contributed by atoms with Crippen LogP contribution in [-0.2, 0) is 43.1 Å². The average Bonchev–Trinajstić information content (AvgIpc) is 2.20. The van der Waals surface area contributed by atoms with Gasteiger partial charge in [-0.3, -0.25) is 0 Å². The molecule has 0 spiro atoms. The molecule has 0 aromatic carbocycles. The fourth-order valence-corrected chi connectivity index (χ4v) is 1.51. The Bertz CT molecular complexity index is 136. The van der Waals surface area contributed by atoms with E-state index in [-0.39, 0.29) is 0 Å². The first-order valence-electron chi connectivity index (χ1n) is 3.61. The van der Waals surface area contributed by atoms with Crippen molar-refractivity contribution in [1.82, 2.24) is 0 Å². The van der Waals surface area contributed by atoms with Crippen LogP contribution in [-0.4, -0.2) is 40.2 Å². The molecule has 0 aliphatic rings. The van der Waals surface area contributed by atoms with E-state index >= 15 is 0 Å². The second-order valence-electron chi connectivity index (χ2n) is 2.42. The van der Waals surface area contributed by atoms with Crippen LogP contribution < -0.4 is 0 Å². The first kappa shape index (κ1) is 13.5. The molecule has 0 radical (unpaired) electrons. The summed E-state index contributed by atoms with van der Waals surface area (Å²) in [5.74, 6) is -2.48. The molecule has 0 amide bonds. The van der Waals surface area contributed by atoms with Gasteiger partial charge in [-0.25, -0.2) is 0 Å². The minimum atomic E-state index is -1.36. The van der Waals surface area contributed by atoms with Gasteiger partial charge in [-0.15, -0.1) is 0 Å². The topological polar surface area (TPSA) is 46.2 Å². The zero-order chi connectivity index (χ0) is 10.5. The SMILES string of the molecule is COC(C)(OC)C(OC)(OC)[O][Ti]. The standard InChI is InChI=1S/C7H15O5.Ti/c1-6(9-2,10-3)7(8,11-4)12-5;/h1-5H3;/q-1;+1. The van der Waals surface area contributed by atoms with Crippen molar-refractivity contribution in [2.45, 2.75) is 18.7 Å². The quantitative estimate of drug-likeness (QED) is 0.486. The van der Waals surface area contributed by atoms with E-state index < -0.39 is 11.8 Å². The molecule has 0 fully saturated rings. The summed E-state index contributed by atoms with van der Waals surface area (Å²) in [7, 11) is 5.86. The Labute approximate surface area is 90.5 Å². The third kappa shape index (κ3) is 2.30. The second-order valence-corrected chi connectivity index (χ2v) is 2.74. The normalized spacial score (nSPS) is 13.2. The maximum atomic E-state index is 5.13. The predicted molar refractivity (Wildman–Crippen MR) is 40.3 cm³/mol. The van der Waals surface area contributed by atoms with E-state index in [1.807, 2.05) is 0 Å². The van der Waals surface area contributed by atoms with Gasteiger partial charge in [-0.2, -0.15) is 0 Å². The van der Waals surface area contributed by atoms with Gasteiger partial charge < -0.3 is 0 Å². The van der Waals surface area contributed by atoms with Crippen LogP contribution in [0, 0.1) is 0 Å². The van der Waals surface area contributed by atoms with Gasteiger partial charge in [0.05, 0.1) is 0 Å². The summed E-state index contributed by atoms with van der Waals surface area (Å²) < 4.78 is 25.5. The zero-order valence-corrected chi connectivity index (χ0v) is 10.1. The average molecular weight is 227 g/mol. The fraction of sp³-hybridized carbons (Fsp3) is 1.00. The van der Waals surface area contributed by atoms with Crippen molar-refractivity contribution < 1.29 is 43.1 Å². The van der Waals surface area contributed by atoms with Crippen LogP contribution in [0.25, 0.3) is 0 Å². The van der Waals surface area contributed by atoms with Crippen molar-refractivity contribution in [2.24, 2.45) is 0 Å². The monoisotopic (exact) mass is 227 g/mol. The third-order valence-corrected chi connectivity index (χ3v) is 2.43. The predicted octanol–water partition coefficient (Wildman–Crippen LogP) is 0.420. The van der Waals surface area contributed by atoms with Gasteiger partial charge in [0, 0.05) is 0 Å². The Morgan fingerprint density at radius 2 is 1.23 bits per heavy atom. The van der Waals surface area contributed by atoms with E-state index in [1.54, 1.807) is 6.92 Å². The molecular formula is C7H15O5Ti. The molecule has 6 heteroatoms. The minimum absolute atomic E-state index is 1.12. The van der Waals surface area contributed by atoms with Crippen LogP contribution >= 0.6 is 0 Å². The maximum absolute atomic E-state index is 5.13. The van der Waals surface area contributed by atoms with E-state index in [2.05, 4.69) is 0 Å². The van der Waals surface area contributed by atoms with Crippen molar-refractivity contribution in [3.8, 4) is 0 Å². The van der Waals surface area contributed by atoms with Crippen molar-refractivity contribution in [3.05, 3.63) is 0 Å². The van der Waals surface area contributed by atoms with Gasteiger partial charge >= 0.3 is 90.2 Å². The number of ether oxygens (including phenoxy) is 4. The molecule has 0 aromatic rings. The van der Waals surface area contributed by atoms with E-state index in [1.165, 1.54) is 49.3 Å². The van der Waals surface area contributed by atoms with E-state index in [9.17, 15) is 0 Å². The first-order chi connectivity index (χ1) is 6.05. The summed E-state index contributed by atoms with van der Waals surface area (Å²) in [6.45, 7) is 1.66. The summed E-state index contributed by atoms with van der Waals surface area (Å²) in [5, 5.41) is 0. The second kappa shape index (κ2) is 5.41. The van der Waals surface area contributed by atoms with E-state index in [0.29, 0.717) is 0 Å². The molecule has 0 unspecified atom stereocenters. The van der Waals surface area contributed by atoms with Crippen molar-refractivity contribution in [3.63, 3.8) is 0 Å². The molecule has 0 aliphatic heterocycles. The summed E-state index contributed by atoms with van der Waals surface area (Å²) in [6, 6.07) is 0. The third-order valence-electron chi connectivity index (χ3n) is 2.01. The Hall–Kier alpha value is 0.514. The summed E-state index contributed by atoms with van der Waals surface area (Å²) in [6.07, 6.45) is 0. The van der Waals surface area contributed by atoms with Gasteiger partial charge in [-0.05, 0) is 0 Å². The van der Waals surface area contributed by atoms with Gasteiger partial charge in [0.2, 0.25) is 0 Å². The van der Waals surface area contributed by atoms with Gasteiger partial charge in [0.15, 0.2) is 0 Å². The van der Waals surface area contributed by atoms with Gasteiger partial charge in [0.1, 0.15) is 0 Å². The van der Waals surface area contributed by atoms with Crippen molar-refractivity contribution in [1.29, 1.82) is 0 Å². The molecule has 0 bridgehead atoms. The Kier molecular flexibility index (Phi) is 5.62. The molecule has 0 saturated carbocycles. The van der Waals surface area contributed by atoms with Crippen molar-refractivity contribution >= 4 is 0 Å². The van der Waals surface area contributed by atoms with Crippen LogP contribution in [0.3, 0.4) is 0 Å². The molecule has 0 aromatic heterocycles. The Balaban J connectivity index is 4.87. The number of hydrogen-bond donors (Lipinski definition) is 0. The van der Waals surface area contributed by atoms with Crippen LogP contribution in [0.4, 0.5) is 0 Å². The number of methoxy groups -OCH3 is 4. The number of hydrogen-bond acceptors (Lipinski definition) is 5. The number of rotatable bonds is 6. The van der Waals surface area contributed by atoms with Crippen LogP contribution in [0.2, 0.25) is 0 Å². The van der Waals surface area contributed by atoms with Crippen LogP contribution in [0.15, 0.2) is 0 Å². The van der Waals surface area contributed by atoms with Crippen LogP contribution in [0.1, 0.15) is 6.92 Å². The zero-order valence-electron chi connectivity index (χ0n) is 8.54. The molecule has 5 nitrogen and oxygen atoms in total. The molecule has 0 rings (SSSR count). The molecule has 0 saturated heterocycles. The Morgan fingerprint density at radius 1 is 0.846 bits per heavy atom. The van der Waals surface area contributed by atoms with Crippen LogP contribution in [0.5, 0.6) is 0 Å². The molecule has 0 atom stereocenters. The summed E-state index contributed by atoms with van der Waals surface area (Å²) in [4.78, 5) is 0. The van der Waals surface area contributed by atoms with E-state index in [4.69, 9.17) is 22.3 Å². The van der Waals surface area contributed by atoms with E-state index in [0.717, 1.165) is 0 Å². The summed E-state index contributed by atoms with van der Waals surface area (Å²) in [5.41, 5.74) is 0. The Morgan fingerprint density at radius 3 is 1.31 bits per heavy atom. The summed E-state index contributed by atoms with van der Waals surface area (Å²) >= 11 is 1.45. The molecule has 0 aliphatic carbocycles.